The Kier molecular flexibility index (Phi) is 8.11. The van der Waals surface area contributed by atoms with Crippen molar-refractivity contribution in [3.63, 3.8) is 0 Å². The largest absolute Gasteiger partial charge is 0.355 e. The standard InChI is InChI=1S/C15H32N4O/c1-13(2)4-5-17-15(20)12-19-8-6-18(7-9-19)11-14(3)10-16/h13-14H,4-12,16H2,1-3H3,(H,17,20). The maximum atomic E-state index is 11.8. The van der Waals surface area contributed by atoms with Gasteiger partial charge < -0.3 is 16.0 Å². The normalized spacial score (nSPS) is 19.2. The molecule has 0 radical (unpaired) electrons. The smallest absolute Gasteiger partial charge is 0.234 e. The first-order chi connectivity index (χ1) is 9.51. The molecule has 1 heterocycles. The summed E-state index contributed by atoms with van der Waals surface area (Å²) in [6, 6.07) is 0. The van der Waals surface area contributed by atoms with Crippen LogP contribution in [0.25, 0.3) is 0 Å². The molecular weight excluding hydrogens is 252 g/mol. The van der Waals surface area contributed by atoms with Crippen molar-refractivity contribution in [2.75, 3.05) is 52.4 Å². The molecule has 3 N–H and O–H groups in total. The minimum absolute atomic E-state index is 0.162. The lowest BCUT2D eigenvalue weighted by molar-refractivity contribution is -0.122. The number of hydrogen-bond donors (Lipinski definition) is 2. The van der Waals surface area contributed by atoms with E-state index >= 15 is 0 Å². The Balaban J connectivity index is 2.14. The summed E-state index contributed by atoms with van der Waals surface area (Å²) in [7, 11) is 0. The van der Waals surface area contributed by atoms with E-state index in [1.807, 2.05) is 0 Å². The maximum Gasteiger partial charge on any atom is 0.234 e. The molecule has 1 aliphatic rings. The van der Waals surface area contributed by atoms with E-state index in [9.17, 15) is 4.79 Å². The highest BCUT2D eigenvalue weighted by atomic mass is 16.2. The van der Waals surface area contributed by atoms with Crippen molar-refractivity contribution in [1.29, 1.82) is 0 Å². The van der Waals surface area contributed by atoms with E-state index in [0.29, 0.717) is 18.4 Å². The Hall–Kier alpha value is -0.650. The van der Waals surface area contributed by atoms with Gasteiger partial charge in [-0.25, -0.2) is 0 Å². The van der Waals surface area contributed by atoms with Crippen LogP contribution in [0.4, 0.5) is 0 Å². The average molecular weight is 284 g/mol. The van der Waals surface area contributed by atoms with Gasteiger partial charge in [-0.1, -0.05) is 20.8 Å². The van der Waals surface area contributed by atoms with E-state index in [2.05, 4.69) is 35.9 Å². The zero-order valence-electron chi connectivity index (χ0n) is 13.4. The van der Waals surface area contributed by atoms with E-state index < -0.39 is 0 Å². The van der Waals surface area contributed by atoms with Crippen molar-refractivity contribution in [1.82, 2.24) is 15.1 Å². The fourth-order valence-corrected chi connectivity index (χ4v) is 2.40. The third kappa shape index (κ3) is 7.22. The highest BCUT2D eigenvalue weighted by Gasteiger charge is 2.19. The number of amides is 1. The van der Waals surface area contributed by atoms with Crippen LogP contribution in [-0.2, 0) is 4.79 Å². The van der Waals surface area contributed by atoms with Crippen molar-refractivity contribution in [3.8, 4) is 0 Å². The molecule has 0 aromatic heterocycles. The summed E-state index contributed by atoms with van der Waals surface area (Å²) in [5, 5.41) is 3.00. The first kappa shape index (κ1) is 17.4. The lowest BCUT2D eigenvalue weighted by Crippen LogP contribution is -2.50. The van der Waals surface area contributed by atoms with Crippen LogP contribution in [0.5, 0.6) is 0 Å². The number of hydrogen-bond acceptors (Lipinski definition) is 4. The molecule has 0 bridgehead atoms. The summed E-state index contributed by atoms with van der Waals surface area (Å²) in [4.78, 5) is 16.5. The van der Waals surface area contributed by atoms with Crippen LogP contribution in [0.15, 0.2) is 0 Å². The zero-order chi connectivity index (χ0) is 15.0. The first-order valence-electron chi connectivity index (χ1n) is 7.92. The van der Waals surface area contributed by atoms with Crippen molar-refractivity contribution < 1.29 is 4.79 Å². The van der Waals surface area contributed by atoms with Gasteiger partial charge >= 0.3 is 0 Å². The van der Waals surface area contributed by atoms with Crippen LogP contribution in [0.2, 0.25) is 0 Å². The van der Waals surface area contributed by atoms with Gasteiger partial charge in [-0.2, -0.15) is 0 Å². The van der Waals surface area contributed by atoms with Crippen molar-refractivity contribution in [2.45, 2.75) is 27.2 Å². The Morgan fingerprint density at radius 2 is 1.75 bits per heavy atom. The molecule has 118 valence electrons. The molecule has 0 spiro atoms. The summed E-state index contributed by atoms with van der Waals surface area (Å²) >= 11 is 0. The van der Waals surface area contributed by atoms with Crippen LogP contribution in [0, 0.1) is 11.8 Å². The lowest BCUT2D eigenvalue weighted by Gasteiger charge is -2.35. The minimum Gasteiger partial charge on any atom is -0.355 e. The summed E-state index contributed by atoms with van der Waals surface area (Å²) in [6.07, 6.45) is 1.05. The summed E-state index contributed by atoms with van der Waals surface area (Å²) in [5.41, 5.74) is 5.66. The summed E-state index contributed by atoms with van der Waals surface area (Å²) in [5.74, 6) is 1.36. The number of rotatable bonds is 8. The molecule has 1 aliphatic heterocycles. The molecule has 5 heteroatoms. The van der Waals surface area contributed by atoms with E-state index in [0.717, 1.165) is 52.2 Å². The van der Waals surface area contributed by atoms with Gasteiger partial charge in [-0.05, 0) is 24.8 Å². The number of carbonyl (C=O) groups is 1. The first-order valence-corrected chi connectivity index (χ1v) is 7.92. The molecule has 1 saturated heterocycles. The molecule has 0 saturated carbocycles. The SMILES string of the molecule is CC(C)CCNC(=O)CN1CCN(CC(C)CN)CC1. The quantitative estimate of drug-likeness (QED) is 0.676. The number of piperazine rings is 1. The molecule has 1 unspecified atom stereocenters. The van der Waals surface area contributed by atoms with Gasteiger partial charge in [0, 0.05) is 39.3 Å². The third-order valence-electron chi connectivity index (χ3n) is 3.85. The van der Waals surface area contributed by atoms with E-state index in [1.54, 1.807) is 0 Å². The van der Waals surface area contributed by atoms with Gasteiger partial charge in [0.1, 0.15) is 0 Å². The van der Waals surface area contributed by atoms with Gasteiger partial charge in [-0.3, -0.25) is 9.69 Å². The lowest BCUT2D eigenvalue weighted by atomic mass is 10.1. The van der Waals surface area contributed by atoms with E-state index in [-0.39, 0.29) is 5.91 Å². The van der Waals surface area contributed by atoms with Crippen LogP contribution < -0.4 is 11.1 Å². The van der Waals surface area contributed by atoms with Crippen LogP contribution in [0.3, 0.4) is 0 Å². The predicted molar refractivity (Wildman–Crippen MR) is 83.6 cm³/mol. The Labute approximate surface area is 123 Å². The van der Waals surface area contributed by atoms with E-state index in [1.165, 1.54) is 0 Å². The monoisotopic (exact) mass is 284 g/mol. The molecule has 0 aromatic carbocycles. The van der Waals surface area contributed by atoms with Gasteiger partial charge in [0.25, 0.3) is 0 Å². The second kappa shape index (κ2) is 9.32. The number of nitrogens with one attached hydrogen (secondary N) is 1. The minimum atomic E-state index is 0.162. The van der Waals surface area contributed by atoms with Crippen LogP contribution >= 0.6 is 0 Å². The van der Waals surface area contributed by atoms with Crippen molar-refractivity contribution >= 4 is 5.91 Å². The molecular formula is C15H32N4O. The van der Waals surface area contributed by atoms with Crippen LogP contribution in [-0.4, -0.2) is 68.1 Å². The van der Waals surface area contributed by atoms with E-state index in [4.69, 9.17) is 5.73 Å². The third-order valence-corrected chi connectivity index (χ3v) is 3.85. The Morgan fingerprint density at radius 3 is 2.30 bits per heavy atom. The second-order valence-corrected chi connectivity index (χ2v) is 6.45. The fraction of sp³-hybridized carbons (Fsp3) is 0.933. The zero-order valence-corrected chi connectivity index (χ0v) is 13.4. The number of nitrogens with zero attached hydrogens (tertiary/aromatic N) is 2. The van der Waals surface area contributed by atoms with Gasteiger partial charge in [0.05, 0.1) is 6.54 Å². The molecule has 1 amide bonds. The molecule has 1 fully saturated rings. The second-order valence-electron chi connectivity index (χ2n) is 6.45. The molecule has 20 heavy (non-hydrogen) atoms. The maximum absolute atomic E-state index is 11.8. The average Bonchev–Trinajstić information content (AvgIpc) is 2.40. The van der Waals surface area contributed by atoms with Crippen molar-refractivity contribution in [2.24, 2.45) is 17.6 Å². The topological polar surface area (TPSA) is 61.6 Å². The number of carbonyl (C=O) groups excluding carboxylic acids is 1. The number of nitrogens with two attached hydrogens (primary N) is 1. The fourth-order valence-electron chi connectivity index (χ4n) is 2.40. The Bertz CT molecular complexity index is 275. The molecule has 0 aromatic rings. The van der Waals surface area contributed by atoms with Gasteiger partial charge in [-0.15, -0.1) is 0 Å². The summed E-state index contributed by atoms with van der Waals surface area (Å²) < 4.78 is 0. The van der Waals surface area contributed by atoms with Gasteiger partial charge in [0.15, 0.2) is 0 Å². The predicted octanol–water partition coefficient (Wildman–Crippen LogP) is 0.361. The van der Waals surface area contributed by atoms with Crippen LogP contribution in [0.1, 0.15) is 27.2 Å². The highest BCUT2D eigenvalue weighted by Crippen LogP contribution is 2.05. The molecule has 5 nitrogen and oxygen atoms in total. The highest BCUT2D eigenvalue weighted by molar-refractivity contribution is 5.77. The van der Waals surface area contributed by atoms with Crippen molar-refractivity contribution in [3.05, 3.63) is 0 Å². The molecule has 1 rings (SSSR count). The summed E-state index contributed by atoms with van der Waals surface area (Å²) in [6.45, 7) is 13.7. The molecule has 1 atom stereocenters. The molecule has 0 aliphatic carbocycles. The van der Waals surface area contributed by atoms with Gasteiger partial charge in [0.2, 0.25) is 5.91 Å². The Morgan fingerprint density at radius 1 is 1.15 bits per heavy atom.